The van der Waals surface area contributed by atoms with Gasteiger partial charge in [-0.3, -0.25) is 0 Å². The first-order valence-electron chi connectivity index (χ1n) is 5.23. The number of benzene rings is 1. The number of aryl methyl sites for hydroxylation is 2. The van der Waals surface area contributed by atoms with Crippen molar-refractivity contribution in [2.24, 2.45) is 0 Å². The Morgan fingerprint density at radius 2 is 1.76 bits per heavy atom. The molecule has 2 rings (SSSR count). The number of hydrogen-bond donors (Lipinski definition) is 0. The summed E-state index contributed by atoms with van der Waals surface area (Å²) < 4.78 is 1.70. The molecule has 0 bridgehead atoms. The van der Waals surface area contributed by atoms with Gasteiger partial charge in [0.25, 0.3) is 0 Å². The van der Waals surface area contributed by atoms with Crippen LogP contribution in [0.25, 0.3) is 5.69 Å². The van der Waals surface area contributed by atoms with Gasteiger partial charge in [-0.2, -0.15) is 5.10 Å². The predicted octanol–water partition coefficient (Wildman–Crippen LogP) is 4.70. The molecular formula is C12H11Cl3N2. The lowest BCUT2D eigenvalue weighted by atomic mass is 10.2. The van der Waals surface area contributed by atoms with Gasteiger partial charge in [-0.15, -0.1) is 0 Å². The lowest BCUT2D eigenvalue weighted by Gasteiger charge is -2.07. The Balaban J connectivity index is 2.60. The summed E-state index contributed by atoms with van der Waals surface area (Å²) in [4.78, 5) is 0. The van der Waals surface area contributed by atoms with Gasteiger partial charge in [0.2, 0.25) is 0 Å². The van der Waals surface area contributed by atoms with Crippen molar-refractivity contribution in [2.45, 2.75) is 20.3 Å². The average molecular weight is 290 g/mol. The minimum absolute atomic E-state index is 0.493. The maximum Gasteiger partial charge on any atom is 0.102 e. The lowest BCUT2D eigenvalue weighted by Crippen LogP contribution is -1.97. The van der Waals surface area contributed by atoms with Crippen LogP contribution in [-0.2, 0) is 6.42 Å². The molecule has 0 radical (unpaired) electrons. The second-order valence-corrected chi connectivity index (χ2v) is 5.01. The fraction of sp³-hybridized carbons (Fsp3) is 0.250. The highest BCUT2D eigenvalue weighted by Crippen LogP contribution is 2.32. The van der Waals surface area contributed by atoms with Crippen molar-refractivity contribution in [3.8, 4) is 5.69 Å². The third kappa shape index (κ3) is 2.44. The van der Waals surface area contributed by atoms with E-state index in [2.05, 4.69) is 12.0 Å². The molecule has 17 heavy (non-hydrogen) atoms. The molecule has 5 heteroatoms. The Hall–Kier alpha value is -0.700. The molecule has 1 aromatic carbocycles. The van der Waals surface area contributed by atoms with Crippen molar-refractivity contribution in [1.82, 2.24) is 9.78 Å². The molecular weight excluding hydrogens is 279 g/mol. The zero-order valence-electron chi connectivity index (χ0n) is 9.47. The van der Waals surface area contributed by atoms with E-state index in [1.165, 1.54) is 5.56 Å². The fourth-order valence-corrected chi connectivity index (χ4v) is 2.70. The molecule has 0 N–H and O–H groups in total. The number of rotatable bonds is 2. The maximum atomic E-state index is 6.14. The summed E-state index contributed by atoms with van der Waals surface area (Å²) in [5.74, 6) is 0. The molecule has 2 nitrogen and oxygen atoms in total. The first kappa shape index (κ1) is 12.7. The Bertz CT molecular complexity index is 538. The van der Waals surface area contributed by atoms with E-state index in [9.17, 15) is 0 Å². The quantitative estimate of drug-likeness (QED) is 0.783. The minimum atomic E-state index is 0.493. The van der Waals surface area contributed by atoms with Crippen molar-refractivity contribution in [3.63, 3.8) is 0 Å². The fourth-order valence-electron chi connectivity index (χ4n) is 1.71. The first-order chi connectivity index (χ1) is 8.02. The van der Waals surface area contributed by atoms with Gasteiger partial charge in [-0.25, -0.2) is 4.68 Å². The van der Waals surface area contributed by atoms with E-state index in [4.69, 9.17) is 34.8 Å². The third-order valence-corrected chi connectivity index (χ3v) is 3.39. The third-order valence-electron chi connectivity index (χ3n) is 2.59. The van der Waals surface area contributed by atoms with Crippen LogP contribution in [-0.4, -0.2) is 9.78 Å². The molecule has 90 valence electrons. The van der Waals surface area contributed by atoms with Gasteiger partial charge in [0.15, 0.2) is 0 Å². The highest BCUT2D eigenvalue weighted by molar-refractivity contribution is 6.40. The zero-order chi connectivity index (χ0) is 12.6. The van der Waals surface area contributed by atoms with Crippen LogP contribution in [0.15, 0.2) is 18.3 Å². The van der Waals surface area contributed by atoms with Gasteiger partial charge in [-0.05, 0) is 31.0 Å². The Labute approximate surface area is 115 Å². The molecule has 0 spiro atoms. The van der Waals surface area contributed by atoms with Gasteiger partial charge >= 0.3 is 0 Å². The van der Waals surface area contributed by atoms with Gasteiger partial charge in [-0.1, -0.05) is 41.7 Å². The molecule has 0 saturated heterocycles. The van der Waals surface area contributed by atoms with Crippen LogP contribution < -0.4 is 0 Å². The van der Waals surface area contributed by atoms with E-state index in [1.54, 1.807) is 16.8 Å². The van der Waals surface area contributed by atoms with E-state index < -0.39 is 0 Å². The van der Waals surface area contributed by atoms with Crippen molar-refractivity contribution >= 4 is 34.8 Å². The van der Waals surface area contributed by atoms with Crippen LogP contribution in [0.5, 0.6) is 0 Å². The monoisotopic (exact) mass is 288 g/mol. The van der Waals surface area contributed by atoms with Crippen LogP contribution >= 0.6 is 34.8 Å². The molecule has 1 heterocycles. The number of halogens is 3. The summed E-state index contributed by atoms with van der Waals surface area (Å²) >= 11 is 18.2. The standard InChI is InChI=1S/C12H11Cl3N2/c1-3-8-6-17(16-7(8)2)12-10(14)4-9(13)5-11(12)15/h4-6H,3H2,1-2H3. The Morgan fingerprint density at radius 1 is 1.18 bits per heavy atom. The van der Waals surface area contributed by atoms with E-state index in [1.807, 2.05) is 13.1 Å². The van der Waals surface area contributed by atoms with Crippen molar-refractivity contribution in [1.29, 1.82) is 0 Å². The summed E-state index contributed by atoms with van der Waals surface area (Å²) in [5.41, 5.74) is 2.82. The van der Waals surface area contributed by atoms with Crippen molar-refractivity contribution < 1.29 is 0 Å². The molecule has 2 aromatic rings. The van der Waals surface area contributed by atoms with Crippen molar-refractivity contribution in [2.75, 3.05) is 0 Å². The topological polar surface area (TPSA) is 17.8 Å². The van der Waals surface area contributed by atoms with Crippen LogP contribution in [0.1, 0.15) is 18.2 Å². The molecule has 0 saturated carbocycles. The smallest absolute Gasteiger partial charge is 0.102 e. The minimum Gasteiger partial charge on any atom is -0.237 e. The largest absolute Gasteiger partial charge is 0.237 e. The highest BCUT2D eigenvalue weighted by atomic mass is 35.5. The molecule has 0 amide bonds. The number of aromatic nitrogens is 2. The summed E-state index contributed by atoms with van der Waals surface area (Å²) in [6.45, 7) is 4.05. The second-order valence-electron chi connectivity index (χ2n) is 3.76. The van der Waals surface area contributed by atoms with Crippen LogP contribution in [0.3, 0.4) is 0 Å². The Kier molecular flexibility index (Phi) is 3.67. The van der Waals surface area contributed by atoms with Crippen LogP contribution in [0.2, 0.25) is 15.1 Å². The summed E-state index contributed by atoms with van der Waals surface area (Å²) in [6.07, 6.45) is 2.87. The second kappa shape index (κ2) is 4.89. The summed E-state index contributed by atoms with van der Waals surface area (Å²) in [5, 5.41) is 5.91. The van der Waals surface area contributed by atoms with Gasteiger partial charge in [0.05, 0.1) is 15.7 Å². The van der Waals surface area contributed by atoms with E-state index in [0.717, 1.165) is 12.1 Å². The van der Waals surface area contributed by atoms with Gasteiger partial charge in [0.1, 0.15) is 5.69 Å². The normalized spacial score (nSPS) is 10.9. The maximum absolute atomic E-state index is 6.14. The Morgan fingerprint density at radius 3 is 2.24 bits per heavy atom. The average Bonchev–Trinajstić information content (AvgIpc) is 2.57. The predicted molar refractivity (Wildman–Crippen MR) is 72.7 cm³/mol. The van der Waals surface area contributed by atoms with Gasteiger partial charge in [0, 0.05) is 11.2 Å². The van der Waals surface area contributed by atoms with E-state index in [0.29, 0.717) is 20.8 Å². The molecule has 0 aliphatic rings. The van der Waals surface area contributed by atoms with E-state index in [-0.39, 0.29) is 0 Å². The molecule has 0 aliphatic heterocycles. The number of nitrogens with zero attached hydrogens (tertiary/aromatic N) is 2. The molecule has 1 aromatic heterocycles. The summed E-state index contributed by atoms with van der Waals surface area (Å²) in [6, 6.07) is 3.32. The van der Waals surface area contributed by atoms with Crippen LogP contribution in [0, 0.1) is 6.92 Å². The highest BCUT2D eigenvalue weighted by Gasteiger charge is 2.12. The molecule has 0 atom stereocenters. The van der Waals surface area contributed by atoms with Crippen molar-refractivity contribution in [3.05, 3.63) is 44.7 Å². The first-order valence-corrected chi connectivity index (χ1v) is 6.36. The summed E-state index contributed by atoms with van der Waals surface area (Å²) in [7, 11) is 0. The van der Waals surface area contributed by atoms with Gasteiger partial charge < -0.3 is 0 Å². The number of hydrogen-bond acceptors (Lipinski definition) is 1. The SMILES string of the molecule is CCc1cn(-c2c(Cl)cc(Cl)cc2Cl)nc1C. The molecule has 0 unspecified atom stereocenters. The lowest BCUT2D eigenvalue weighted by molar-refractivity contribution is 0.863. The molecule has 0 fully saturated rings. The zero-order valence-corrected chi connectivity index (χ0v) is 11.7. The van der Waals surface area contributed by atoms with Crippen LogP contribution in [0.4, 0.5) is 0 Å². The van der Waals surface area contributed by atoms with E-state index >= 15 is 0 Å². The molecule has 0 aliphatic carbocycles.